The minimum atomic E-state index is 0.389. The Kier molecular flexibility index (Phi) is 2.47. The smallest absolute Gasteiger partial charge is 0.0877 e. The van der Waals surface area contributed by atoms with Crippen molar-refractivity contribution >= 4 is 24.7 Å². The Morgan fingerprint density at radius 3 is 2.67 bits per heavy atom. The first-order valence-electron chi connectivity index (χ1n) is 4.35. The second-order valence-corrected chi connectivity index (χ2v) is 3.56. The van der Waals surface area contributed by atoms with E-state index < -0.39 is 0 Å². The van der Waals surface area contributed by atoms with Crippen LogP contribution in [-0.2, 0) is 0 Å². The Balaban J connectivity index is 2.36. The summed E-state index contributed by atoms with van der Waals surface area (Å²) in [6.07, 6.45) is 10.3. The Bertz CT molecular complexity index is 436. The van der Waals surface area contributed by atoms with Gasteiger partial charge in [-0.05, 0) is 24.3 Å². The van der Waals surface area contributed by atoms with Crippen LogP contribution in [0.4, 0.5) is 0 Å². The molecular weight excluding hydrogens is 208 g/mol. The van der Waals surface area contributed by atoms with Gasteiger partial charge in [0.15, 0.2) is 0 Å². The van der Waals surface area contributed by atoms with Gasteiger partial charge in [0, 0.05) is 11.9 Å². The molecule has 0 bridgehead atoms. The Labute approximate surface area is 93.2 Å². The van der Waals surface area contributed by atoms with Gasteiger partial charge >= 0.3 is 0 Å². The molecule has 3 N–H and O–H groups in total. The molecule has 0 fully saturated rings. The number of thiol groups is 1. The number of hydrogen-bond acceptors (Lipinski definition) is 5. The lowest BCUT2D eigenvalue weighted by Gasteiger charge is -2.20. The van der Waals surface area contributed by atoms with E-state index >= 15 is 0 Å². The third-order valence-electron chi connectivity index (χ3n) is 1.98. The average Bonchev–Trinajstić information content (AvgIpc) is 2.20. The molecule has 2 rings (SSSR count). The Morgan fingerprint density at radius 2 is 2.07 bits per heavy atom. The van der Waals surface area contributed by atoms with Crippen LogP contribution < -0.4 is 5.73 Å². The highest BCUT2D eigenvalue weighted by Crippen LogP contribution is 2.22. The predicted molar refractivity (Wildman–Crippen MR) is 64.6 cm³/mol. The predicted octanol–water partition coefficient (Wildman–Crippen LogP) is 1.38. The van der Waals surface area contributed by atoms with E-state index in [1.54, 1.807) is 28.7 Å². The van der Waals surface area contributed by atoms with E-state index in [0.717, 1.165) is 11.4 Å². The lowest BCUT2D eigenvalue weighted by Crippen LogP contribution is -2.13. The van der Waals surface area contributed by atoms with Gasteiger partial charge in [0.25, 0.3) is 0 Å². The van der Waals surface area contributed by atoms with Crippen molar-refractivity contribution in [2.45, 2.75) is 0 Å². The molecule has 0 amide bonds. The topological polar surface area (TPSA) is 65.5 Å². The number of hydrogen-bond donors (Lipinski definition) is 3. The number of nitrogens with one attached hydrogen (secondary N) is 1. The van der Waals surface area contributed by atoms with Crippen LogP contribution in [0.15, 0.2) is 52.6 Å². The summed E-state index contributed by atoms with van der Waals surface area (Å²) in [6, 6.07) is 0. The first-order chi connectivity index (χ1) is 7.16. The largest absolute Gasteiger partial charge is 0.398 e. The minimum absolute atomic E-state index is 0.389. The summed E-state index contributed by atoms with van der Waals surface area (Å²) in [5, 5.41) is 7.33. The fourth-order valence-corrected chi connectivity index (χ4v) is 1.56. The van der Waals surface area contributed by atoms with E-state index in [1.807, 2.05) is 6.08 Å². The fraction of sp³-hybridized carbons (Fsp3) is 0. The monoisotopic (exact) mass is 218 g/mol. The summed E-state index contributed by atoms with van der Waals surface area (Å²) in [5.74, 6) is 0. The molecule has 2 aliphatic heterocycles. The molecule has 0 spiro atoms. The van der Waals surface area contributed by atoms with Gasteiger partial charge in [-0.15, -0.1) is 0 Å². The minimum Gasteiger partial charge on any atom is -0.398 e. The van der Waals surface area contributed by atoms with Crippen LogP contribution in [0.1, 0.15) is 0 Å². The number of aliphatic imine (C=N–C) groups is 1. The van der Waals surface area contributed by atoms with Crippen molar-refractivity contribution < 1.29 is 0 Å². The molecule has 0 aromatic heterocycles. The molecule has 2 heterocycles. The van der Waals surface area contributed by atoms with Gasteiger partial charge in [0.05, 0.1) is 23.3 Å². The molecule has 0 saturated heterocycles. The molecule has 0 aromatic rings. The second kappa shape index (κ2) is 3.78. The molecule has 4 nitrogen and oxygen atoms in total. The van der Waals surface area contributed by atoms with E-state index in [-0.39, 0.29) is 0 Å². The van der Waals surface area contributed by atoms with Crippen LogP contribution in [-0.4, -0.2) is 16.2 Å². The van der Waals surface area contributed by atoms with Crippen LogP contribution >= 0.6 is 12.8 Å². The van der Waals surface area contributed by atoms with Crippen LogP contribution in [0, 0.1) is 5.41 Å². The lowest BCUT2D eigenvalue weighted by atomic mass is 10.2. The van der Waals surface area contributed by atoms with Crippen molar-refractivity contribution in [3.63, 3.8) is 0 Å². The number of nitrogens with zero attached hydrogens (tertiary/aromatic N) is 2. The summed E-state index contributed by atoms with van der Waals surface area (Å²) < 4.78 is 1.61. The summed E-state index contributed by atoms with van der Waals surface area (Å²) in [5.41, 5.74) is 8.25. The van der Waals surface area contributed by atoms with Crippen LogP contribution in [0.5, 0.6) is 0 Å². The van der Waals surface area contributed by atoms with Crippen LogP contribution in [0.2, 0.25) is 0 Å². The molecule has 0 aliphatic carbocycles. The SMILES string of the molecule is N=C1C=CC(=C2C=CC(N)=CN2S)N=C1. The fourth-order valence-electron chi connectivity index (χ4n) is 1.25. The molecule has 15 heavy (non-hydrogen) atoms. The zero-order chi connectivity index (χ0) is 10.8. The highest BCUT2D eigenvalue weighted by Gasteiger charge is 2.11. The van der Waals surface area contributed by atoms with E-state index in [2.05, 4.69) is 17.8 Å². The van der Waals surface area contributed by atoms with E-state index in [9.17, 15) is 0 Å². The van der Waals surface area contributed by atoms with E-state index in [4.69, 9.17) is 11.1 Å². The van der Waals surface area contributed by atoms with Gasteiger partial charge in [0.1, 0.15) is 0 Å². The van der Waals surface area contributed by atoms with Crippen molar-refractivity contribution in [3.8, 4) is 0 Å². The van der Waals surface area contributed by atoms with E-state index in [1.165, 1.54) is 6.21 Å². The van der Waals surface area contributed by atoms with Crippen molar-refractivity contribution in [3.05, 3.63) is 47.6 Å². The van der Waals surface area contributed by atoms with Crippen molar-refractivity contribution in [1.82, 2.24) is 4.31 Å². The maximum Gasteiger partial charge on any atom is 0.0877 e. The van der Waals surface area contributed by atoms with Crippen molar-refractivity contribution in [2.75, 3.05) is 0 Å². The van der Waals surface area contributed by atoms with Crippen LogP contribution in [0.3, 0.4) is 0 Å². The first kappa shape index (κ1) is 9.79. The Hall–Kier alpha value is -1.75. The zero-order valence-electron chi connectivity index (χ0n) is 7.88. The number of rotatable bonds is 0. The average molecular weight is 218 g/mol. The highest BCUT2D eigenvalue weighted by atomic mass is 32.1. The van der Waals surface area contributed by atoms with Gasteiger partial charge in [-0.1, -0.05) is 12.8 Å². The maximum atomic E-state index is 7.33. The first-order valence-corrected chi connectivity index (χ1v) is 4.75. The van der Waals surface area contributed by atoms with Crippen molar-refractivity contribution in [1.29, 1.82) is 5.41 Å². The summed E-state index contributed by atoms with van der Waals surface area (Å²) in [6.45, 7) is 0. The summed E-state index contributed by atoms with van der Waals surface area (Å²) in [7, 11) is 0. The van der Waals surface area contributed by atoms with Gasteiger partial charge < -0.3 is 5.73 Å². The molecule has 0 atom stereocenters. The zero-order valence-corrected chi connectivity index (χ0v) is 8.78. The van der Waals surface area contributed by atoms with Crippen LogP contribution in [0.25, 0.3) is 0 Å². The number of dihydropyridines is 1. The molecular formula is C10H10N4S. The molecule has 76 valence electrons. The van der Waals surface area contributed by atoms with Gasteiger partial charge in [0.2, 0.25) is 0 Å². The molecule has 2 aliphatic rings. The molecule has 0 radical (unpaired) electrons. The molecule has 0 unspecified atom stereocenters. The molecule has 5 heteroatoms. The highest BCUT2D eigenvalue weighted by molar-refractivity contribution is 7.78. The number of nitrogens with two attached hydrogens (primary N) is 1. The normalized spacial score (nSPS) is 24.7. The van der Waals surface area contributed by atoms with Gasteiger partial charge in [-0.25, -0.2) is 0 Å². The van der Waals surface area contributed by atoms with E-state index in [0.29, 0.717) is 11.4 Å². The Morgan fingerprint density at radius 1 is 1.27 bits per heavy atom. The third kappa shape index (κ3) is 2.02. The second-order valence-electron chi connectivity index (χ2n) is 3.12. The molecule has 0 aromatic carbocycles. The maximum absolute atomic E-state index is 7.33. The van der Waals surface area contributed by atoms with Crippen molar-refractivity contribution in [2.24, 2.45) is 10.7 Å². The third-order valence-corrected chi connectivity index (χ3v) is 2.31. The quantitative estimate of drug-likeness (QED) is 0.538. The number of allylic oxidation sites excluding steroid dienone is 4. The standard InChI is InChI=1S/C10H10N4S/c11-7-1-3-9(13-5-7)10-4-2-8(12)6-14(10)15/h1-6,11,15H,12H2. The van der Waals surface area contributed by atoms with Gasteiger partial charge in [-0.3, -0.25) is 14.7 Å². The van der Waals surface area contributed by atoms with Gasteiger partial charge in [-0.2, -0.15) is 0 Å². The molecule has 0 saturated carbocycles. The lowest BCUT2D eigenvalue weighted by molar-refractivity contribution is 0.776. The summed E-state index contributed by atoms with van der Waals surface area (Å²) in [4.78, 5) is 4.14. The summed E-state index contributed by atoms with van der Waals surface area (Å²) >= 11 is 4.25.